The number of benzene rings is 1. The Labute approximate surface area is 195 Å². The first-order chi connectivity index (χ1) is 16.5. The van der Waals surface area contributed by atoms with E-state index in [2.05, 4.69) is 25.6 Å². The predicted molar refractivity (Wildman–Crippen MR) is 126 cm³/mol. The lowest BCUT2D eigenvalue weighted by atomic mass is 10.2. The number of anilines is 3. The van der Waals surface area contributed by atoms with Gasteiger partial charge in [-0.05, 0) is 43.3 Å². The first-order valence-electron chi connectivity index (χ1n) is 10.8. The number of aromatic nitrogens is 3. The average molecular weight is 464 g/mol. The van der Waals surface area contributed by atoms with Gasteiger partial charge in [0.15, 0.2) is 23.1 Å². The topological polar surface area (TPSA) is 139 Å². The lowest BCUT2D eigenvalue weighted by molar-refractivity contribution is 0.0685. The van der Waals surface area contributed by atoms with Gasteiger partial charge in [-0.25, -0.2) is 24.5 Å². The number of carbonyl (C=O) groups is 2. The molecule has 1 aliphatic rings. The second kappa shape index (κ2) is 10.6. The molecule has 0 saturated carbocycles. The summed E-state index contributed by atoms with van der Waals surface area (Å²) in [5, 5.41) is 15.1. The Morgan fingerprint density at radius 1 is 1.09 bits per heavy atom. The molecule has 0 spiro atoms. The maximum atomic E-state index is 12.2. The minimum atomic E-state index is -1.20. The van der Waals surface area contributed by atoms with Gasteiger partial charge in [0.25, 0.3) is 0 Å². The van der Waals surface area contributed by atoms with Gasteiger partial charge in [0.2, 0.25) is 0 Å². The molecule has 0 bridgehead atoms. The SMILES string of the molecule is CCOc1c(C(=O)O)nc(-c2ccc(NC(=O)Nc3ccccn3)cc2)nc1N1CCOCC1. The zero-order valence-corrected chi connectivity index (χ0v) is 18.5. The zero-order valence-electron chi connectivity index (χ0n) is 18.5. The molecule has 1 saturated heterocycles. The highest BCUT2D eigenvalue weighted by molar-refractivity contribution is 5.99. The number of ether oxygens (including phenoxy) is 2. The first-order valence-corrected chi connectivity index (χ1v) is 10.8. The molecule has 1 aromatic carbocycles. The van der Waals surface area contributed by atoms with E-state index in [4.69, 9.17) is 9.47 Å². The molecular formula is C23H24N6O5. The van der Waals surface area contributed by atoms with Crippen molar-refractivity contribution in [2.75, 3.05) is 48.4 Å². The molecule has 2 amide bonds. The van der Waals surface area contributed by atoms with Crippen LogP contribution in [-0.2, 0) is 4.74 Å². The number of carbonyl (C=O) groups excluding carboxylic acids is 1. The van der Waals surface area contributed by atoms with Crippen LogP contribution in [0.15, 0.2) is 48.7 Å². The fourth-order valence-electron chi connectivity index (χ4n) is 3.40. The number of morpholine rings is 1. The Hall–Kier alpha value is -4.25. The van der Waals surface area contributed by atoms with E-state index in [1.165, 1.54) is 0 Å². The van der Waals surface area contributed by atoms with Crippen LogP contribution in [0.2, 0.25) is 0 Å². The van der Waals surface area contributed by atoms with Crippen molar-refractivity contribution in [2.24, 2.45) is 0 Å². The van der Waals surface area contributed by atoms with Gasteiger partial charge in [-0.1, -0.05) is 6.07 Å². The van der Waals surface area contributed by atoms with Crippen LogP contribution < -0.4 is 20.3 Å². The predicted octanol–water partition coefficient (Wildman–Crippen LogP) is 3.12. The molecule has 4 rings (SSSR count). The molecule has 11 heteroatoms. The highest BCUT2D eigenvalue weighted by Gasteiger charge is 2.26. The smallest absolute Gasteiger partial charge is 0.358 e. The van der Waals surface area contributed by atoms with E-state index >= 15 is 0 Å². The van der Waals surface area contributed by atoms with Crippen molar-refractivity contribution in [3.63, 3.8) is 0 Å². The van der Waals surface area contributed by atoms with Crippen molar-refractivity contribution in [3.05, 3.63) is 54.4 Å². The number of nitrogens with zero attached hydrogens (tertiary/aromatic N) is 4. The van der Waals surface area contributed by atoms with Crippen LogP contribution in [0.4, 0.5) is 22.1 Å². The number of urea groups is 1. The Morgan fingerprint density at radius 3 is 2.50 bits per heavy atom. The van der Waals surface area contributed by atoms with Crippen LogP contribution in [0.25, 0.3) is 11.4 Å². The molecule has 0 atom stereocenters. The van der Waals surface area contributed by atoms with Crippen LogP contribution in [-0.4, -0.2) is 65.0 Å². The van der Waals surface area contributed by atoms with E-state index in [0.29, 0.717) is 49.2 Å². The quantitative estimate of drug-likeness (QED) is 0.481. The summed E-state index contributed by atoms with van der Waals surface area (Å²) in [5.74, 6) is 0.0313. The monoisotopic (exact) mass is 464 g/mol. The summed E-state index contributed by atoms with van der Waals surface area (Å²) in [4.78, 5) is 39.0. The normalized spacial score (nSPS) is 13.3. The van der Waals surface area contributed by atoms with E-state index < -0.39 is 12.0 Å². The van der Waals surface area contributed by atoms with E-state index in [0.717, 1.165) is 0 Å². The molecule has 0 aliphatic carbocycles. The number of aromatic carboxylic acids is 1. The Morgan fingerprint density at radius 2 is 1.85 bits per heavy atom. The van der Waals surface area contributed by atoms with Crippen molar-refractivity contribution in [3.8, 4) is 17.1 Å². The molecule has 176 valence electrons. The summed E-state index contributed by atoms with van der Waals surface area (Å²) < 4.78 is 11.0. The van der Waals surface area contributed by atoms with Gasteiger partial charge in [0.05, 0.1) is 19.8 Å². The standard InChI is InChI=1S/C23H24N6O5/c1-2-34-19-18(22(30)31)27-20(28-21(19)29-11-13-33-14-12-29)15-6-8-16(9-7-15)25-23(32)26-17-5-3-4-10-24-17/h3-10H,2,11-14H2,1H3,(H,30,31)(H2,24,25,26,32). The molecule has 1 aliphatic heterocycles. The number of pyridine rings is 1. The molecule has 0 unspecified atom stereocenters. The van der Waals surface area contributed by atoms with Crippen LogP contribution in [0.1, 0.15) is 17.4 Å². The molecular weight excluding hydrogens is 440 g/mol. The van der Waals surface area contributed by atoms with Crippen molar-refractivity contribution in [2.45, 2.75) is 6.92 Å². The number of nitrogens with one attached hydrogen (secondary N) is 2. The number of carboxylic acids is 1. The number of carboxylic acid groups (broad SMARTS) is 1. The maximum Gasteiger partial charge on any atom is 0.358 e. The van der Waals surface area contributed by atoms with Gasteiger partial charge in [0.1, 0.15) is 5.82 Å². The number of hydrogen-bond donors (Lipinski definition) is 3. The van der Waals surface area contributed by atoms with E-state index in [1.807, 2.05) is 4.90 Å². The Kier molecular flexibility index (Phi) is 7.13. The first kappa shape index (κ1) is 22.9. The van der Waals surface area contributed by atoms with E-state index in [-0.39, 0.29) is 23.9 Å². The van der Waals surface area contributed by atoms with Gasteiger partial charge >= 0.3 is 12.0 Å². The third-order valence-corrected chi connectivity index (χ3v) is 4.96. The fraction of sp³-hybridized carbons (Fsp3) is 0.261. The third-order valence-electron chi connectivity index (χ3n) is 4.96. The second-order valence-electron chi connectivity index (χ2n) is 7.26. The highest BCUT2D eigenvalue weighted by Crippen LogP contribution is 2.33. The molecule has 0 radical (unpaired) electrons. The number of amides is 2. The average Bonchev–Trinajstić information content (AvgIpc) is 2.86. The molecule has 11 nitrogen and oxygen atoms in total. The van der Waals surface area contributed by atoms with Gasteiger partial charge in [-0.2, -0.15) is 0 Å². The highest BCUT2D eigenvalue weighted by atomic mass is 16.5. The largest absolute Gasteiger partial charge is 0.488 e. The molecule has 34 heavy (non-hydrogen) atoms. The molecule has 3 aromatic rings. The van der Waals surface area contributed by atoms with Crippen molar-refractivity contribution < 1.29 is 24.2 Å². The van der Waals surface area contributed by atoms with E-state index in [9.17, 15) is 14.7 Å². The number of rotatable bonds is 7. The minimum absolute atomic E-state index is 0.144. The minimum Gasteiger partial charge on any atom is -0.488 e. The molecule has 2 aromatic heterocycles. The molecule has 3 N–H and O–H groups in total. The fourth-order valence-corrected chi connectivity index (χ4v) is 3.40. The van der Waals surface area contributed by atoms with Gasteiger partial charge in [0, 0.05) is 30.5 Å². The third kappa shape index (κ3) is 5.38. The van der Waals surface area contributed by atoms with Crippen LogP contribution in [0.3, 0.4) is 0 Å². The summed E-state index contributed by atoms with van der Waals surface area (Å²) in [7, 11) is 0. The summed E-state index contributed by atoms with van der Waals surface area (Å²) >= 11 is 0. The number of hydrogen-bond acceptors (Lipinski definition) is 8. The second-order valence-corrected chi connectivity index (χ2v) is 7.26. The van der Waals surface area contributed by atoms with Gasteiger partial charge < -0.3 is 24.8 Å². The Bertz CT molecular complexity index is 1150. The van der Waals surface area contributed by atoms with E-state index in [1.54, 1.807) is 55.6 Å². The van der Waals surface area contributed by atoms with Crippen molar-refractivity contribution >= 4 is 29.3 Å². The summed E-state index contributed by atoms with van der Waals surface area (Å²) in [6.07, 6.45) is 1.58. The zero-order chi connectivity index (χ0) is 23.9. The summed E-state index contributed by atoms with van der Waals surface area (Å²) in [6, 6.07) is 11.5. The van der Waals surface area contributed by atoms with Gasteiger partial charge in [-0.15, -0.1) is 0 Å². The van der Waals surface area contributed by atoms with Crippen LogP contribution in [0.5, 0.6) is 5.75 Å². The molecule has 1 fully saturated rings. The maximum absolute atomic E-state index is 12.2. The van der Waals surface area contributed by atoms with Crippen molar-refractivity contribution in [1.29, 1.82) is 0 Å². The molecule has 3 heterocycles. The Balaban J connectivity index is 1.59. The van der Waals surface area contributed by atoms with Crippen LogP contribution >= 0.6 is 0 Å². The lowest BCUT2D eigenvalue weighted by Crippen LogP contribution is -2.37. The lowest BCUT2D eigenvalue weighted by Gasteiger charge is -2.29. The van der Waals surface area contributed by atoms with Crippen LogP contribution in [0, 0.1) is 0 Å². The van der Waals surface area contributed by atoms with Gasteiger partial charge in [-0.3, -0.25) is 5.32 Å². The van der Waals surface area contributed by atoms with Crippen molar-refractivity contribution in [1.82, 2.24) is 15.0 Å². The summed E-state index contributed by atoms with van der Waals surface area (Å²) in [5.41, 5.74) is 0.927. The summed E-state index contributed by atoms with van der Waals surface area (Å²) in [6.45, 7) is 4.19.